The molecule has 0 saturated heterocycles. The number of ether oxygens (including phenoxy) is 1. The highest BCUT2D eigenvalue weighted by molar-refractivity contribution is 7.07. The van der Waals surface area contributed by atoms with E-state index in [1.54, 1.807) is 29.9 Å². The Morgan fingerprint density at radius 3 is 2.55 bits per heavy atom. The highest BCUT2D eigenvalue weighted by Gasteiger charge is 2.29. The molecule has 7 nitrogen and oxygen atoms in total. The zero-order chi connectivity index (χ0) is 22.9. The molecule has 1 aromatic heterocycles. The molecule has 0 fully saturated rings. The van der Waals surface area contributed by atoms with Gasteiger partial charge in [-0.25, -0.2) is 4.99 Å². The zero-order valence-electron chi connectivity index (χ0n) is 17.9. The highest BCUT2D eigenvalue weighted by atomic mass is 32.1. The molecule has 1 atom stereocenters. The minimum atomic E-state index is -0.438. The predicted molar refractivity (Wildman–Crippen MR) is 127 cm³/mol. The average Bonchev–Trinajstić information content (AvgIpc) is 2.99. The average molecular weight is 460 g/mol. The number of nitrogens with zero attached hydrogens (tertiary/aromatic N) is 3. The van der Waals surface area contributed by atoms with Crippen LogP contribution in [-0.4, -0.2) is 16.6 Å². The van der Waals surface area contributed by atoms with Gasteiger partial charge in [-0.3, -0.25) is 19.5 Å². The van der Waals surface area contributed by atoms with E-state index in [1.165, 1.54) is 23.5 Å². The number of allylic oxidation sites excluding steroid dienone is 3. The van der Waals surface area contributed by atoms with Gasteiger partial charge >= 0.3 is 0 Å². The second-order valence-electron chi connectivity index (χ2n) is 7.88. The van der Waals surface area contributed by atoms with Gasteiger partial charge in [-0.1, -0.05) is 35.6 Å². The summed E-state index contributed by atoms with van der Waals surface area (Å²) in [5.41, 5.74) is 3.59. The van der Waals surface area contributed by atoms with Gasteiger partial charge < -0.3 is 4.74 Å². The molecule has 2 aromatic carbocycles. The van der Waals surface area contributed by atoms with E-state index in [-0.39, 0.29) is 17.3 Å². The van der Waals surface area contributed by atoms with Gasteiger partial charge in [0.05, 0.1) is 28.3 Å². The van der Waals surface area contributed by atoms with Gasteiger partial charge in [0.15, 0.2) is 4.80 Å². The largest absolute Gasteiger partial charge is 0.497 e. The molecular formula is C25H21N3O4S. The maximum Gasteiger partial charge on any atom is 0.271 e. The molecule has 33 heavy (non-hydrogen) atoms. The number of rotatable bonds is 4. The highest BCUT2D eigenvalue weighted by Crippen LogP contribution is 2.35. The fourth-order valence-corrected chi connectivity index (χ4v) is 5.20. The van der Waals surface area contributed by atoms with Crippen LogP contribution in [-0.2, 0) is 0 Å². The number of hydrogen-bond acceptors (Lipinski definition) is 6. The van der Waals surface area contributed by atoms with Gasteiger partial charge in [-0.15, -0.1) is 0 Å². The first-order valence-corrected chi connectivity index (χ1v) is 11.5. The summed E-state index contributed by atoms with van der Waals surface area (Å²) in [5.74, 6) is 0.759. The van der Waals surface area contributed by atoms with Crippen molar-refractivity contribution in [2.75, 3.05) is 7.11 Å². The van der Waals surface area contributed by atoms with Crippen molar-refractivity contribution in [1.82, 2.24) is 4.57 Å². The molecule has 0 spiro atoms. The molecule has 1 aliphatic carbocycles. The maximum absolute atomic E-state index is 13.6. The van der Waals surface area contributed by atoms with E-state index in [0.29, 0.717) is 9.33 Å². The summed E-state index contributed by atoms with van der Waals surface area (Å²) >= 11 is 1.34. The molecule has 2 aliphatic rings. The smallest absolute Gasteiger partial charge is 0.271 e. The number of fused-ring (bicyclic) bond motifs is 2. The van der Waals surface area contributed by atoms with Crippen molar-refractivity contribution in [2.45, 2.75) is 25.3 Å². The summed E-state index contributed by atoms with van der Waals surface area (Å²) in [4.78, 5) is 29.5. The van der Waals surface area contributed by atoms with Gasteiger partial charge in [0.1, 0.15) is 5.75 Å². The number of methoxy groups -OCH3 is 1. The van der Waals surface area contributed by atoms with Crippen LogP contribution in [0, 0.1) is 10.1 Å². The molecule has 0 radical (unpaired) electrons. The minimum Gasteiger partial charge on any atom is -0.497 e. The van der Waals surface area contributed by atoms with Gasteiger partial charge in [0.25, 0.3) is 11.2 Å². The normalized spacial score (nSPS) is 17.7. The second-order valence-corrected chi connectivity index (χ2v) is 8.89. The number of thiazole rings is 1. The SMILES string of the molecule is COc1ccc(C2C3=CCCCC=C3N=c3s/c(=C/c4ccc([N+](=O)[O-])cc4)c(=O)n32)cc1. The first-order chi connectivity index (χ1) is 16.0. The third-order valence-corrected chi connectivity index (χ3v) is 6.83. The molecule has 166 valence electrons. The third-order valence-electron chi connectivity index (χ3n) is 5.84. The van der Waals surface area contributed by atoms with E-state index < -0.39 is 4.92 Å². The van der Waals surface area contributed by atoms with Crippen molar-refractivity contribution in [3.8, 4) is 5.75 Å². The lowest BCUT2D eigenvalue weighted by Gasteiger charge is -2.25. The van der Waals surface area contributed by atoms with Crippen molar-refractivity contribution >= 4 is 23.1 Å². The topological polar surface area (TPSA) is 86.7 Å². The van der Waals surface area contributed by atoms with Crippen molar-refractivity contribution in [2.24, 2.45) is 4.99 Å². The summed E-state index contributed by atoms with van der Waals surface area (Å²) in [5, 5.41) is 10.9. The Morgan fingerprint density at radius 2 is 1.85 bits per heavy atom. The van der Waals surface area contributed by atoms with Crippen LogP contribution in [0.25, 0.3) is 6.08 Å². The second kappa shape index (κ2) is 8.63. The summed E-state index contributed by atoms with van der Waals surface area (Å²) in [6, 6.07) is 13.7. The van der Waals surface area contributed by atoms with Crippen LogP contribution in [0.15, 0.2) is 81.7 Å². The van der Waals surface area contributed by atoms with Crippen LogP contribution in [0.1, 0.15) is 36.4 Å². The summed E-state index contributed by atoms with van der Waals surface area (Å²) in [6.45, 7) is 0. The lowest BCUT2D eigenvalue weighted by Crippen LogP contribution is -2.38. The Balaban J connectivity index is 1.69. The van der Waals surface area contributed by atoms with Crippen LogP contribution >= 0.6 is 11.3 Å². The Morgan fingerprint density at radius 1 is 1.12 bits per heavy atom. The molecule has 8 heteroatoms. The van der Waals surface area contributed by atoms with E-state index >= 15 is 0 Å². The van der Waals surface area contributed by atoms with E-state index in [2.05, 4.69) is 12.2 Å². The summed E-state index contributed by atoms with van der Waals surface area (Å²) in [6.07, 6.45) is 9.06. The number of nitro benzene ring substituents is 1. The van der Waals surface area contributed by atoms with Crippen LogP contribution in [0.4, 0.5) is 5.69 Å². The quantitative estimate of drug-likeness (QED) is 0.438. The van der Waals surface area contributed by atoms with Gasteiger partial charge in [0.2, 0.25) is 0 Å². The predicted octanol–water partition coefficient (Wildman–Crippen LogP) is 3.87. The molecule has 0 bridgehead atoms. The molecule has 5 rings (SSSR count). The number of non-ortho nitro benzene ring substituents is 1. The van der Waals surface area contributed by atoms with E-state index in [4.69, 9.17) is 9.73 Å². The maximum atomic E-state index is 13.6. The Hall–Kier alpha value is -3.78. The molecule has 0 N–H and O–H groups in total. The van der Waals surface area contributed by atoms with Gasteiger partial charge in [-0.2, -0.15) is 0 Å². The van der Waals surface area contributed by atoms with E-state index in [1.807, 2.05) is 24.3 Å². The zero-order valence-corrected chi connectivity index (χ0v) is 18.7. The van der Waals surface area contributed by atoms with Gasteiger partial charge in [0, 0.05) is 17.7 Å². The lowest BCUT2D eigenvalue weighted by atomic mass is 9.94. The molecule has 1 aliphatic heterocycles. The van der Waals surface area contributed by atoms with Crippen molar-refractivity contribution in [3.63, 3.8) is 0 Å². The van der Waals surface area contributed by atoms with E-state index in [9.17, 15) is 14.9 Å². The van der Waals surface area contributed by atoms with Crippen LogP contribution < -0.4 is 19.6 Å². The fourth-order valence-electron chi connectivity index (χ4n) is 4.19. The van der Waals surface area contributed by atoms with Crippen molar-refractivity contribution in [3.05, 3.63) is 113 Å². The van der Waals surface area contributed by atoms with Crippen LogP contribution in [0.5, 0.6) is 5.75 Å². The van der Waals surface area contributed by atoms with E-state index in [0.717, 1.165) is 47.4 Å². The standard InChI is InChI=1S/C25H21N3O4S/c1-32-19-13-9-17(10-14-19)23-20-5-3-2-4-6-21(20)26-25-27(23)24(29)22(33-25)15-16-7-11-18(12-8-16)28(30)31/h5-15,23H,2-4H2,1H3/b22-15+. The fraction of sp³-hybridized carbons (Fsp3) is 0.200. The molecule has 2 heterocycles. The monoisotopic (exact) mass is 459 g/mol. The number of benzene rings is 2. The lowest BCUT2D eigenvalue weighted by molar-refractivity contribution is -0.384. The number of aromatic nitrogens is 1. The first-order valence-electron chi connectivity index (χ1n) is 10.7. The molecule has 0 amide bonds. The van der Waals surface area contributed by atoms with Crippen molar-refractivity contribution < 1.29 is 9.66 Å². The minimum absolute atomic E-state index is 0.0166. The summed E-state index contributed by atoms with van der Waals surface area (Å²) < 4.78 is 7.61. The van der Waals surface area contributed by atoms with Crippen molar-refractivity contribution in [1.29, 1.82) is 0 Å². The third kappa shape index (κ3) is 3.93. The Kier molecular flexibility index (Phi) is 5.51. The van der Waals surface area contributed by atoms with Crippen LogP contribution in [0.3, 0.4) is 0 Å². The summed E-state index contributed by atoms with van der Waals surface area (Å²) in [7, 11) is 1.63. The first kappa shape index (κ1) is 21.1. The molecule has 0 saturated carbocycles. The number of nitro groups is 1. The Labute approximate surface area is 193 Å². The molecule has 3 aromatic rings. The van der Waals surface area contributed by atoms with Crippen LogP contribution in [0.2, 0.25) is 0 Å². The number of hydrogen-bond donors (Lipinski definition) is 0. The molecular weight excluding hydrogens is 438 g/mol. The Bertz CT molecular complexity index is 1460. The molecule has 1 unspecified atom stereocenters. The van der Waals surface area contributed by atoms with Gasteiger partial charge in [-0.05, 0) is 60.7 Å².